The third kappa shape index (κ3) is 4.03. The number of benzene rings is 3. The third-order valence-corrected chi connectivity index (χ3v) is 4.20. The van der Waals surface area contributed by atoms with Gasteiger partial charge in [0.15, 0.2) is 0 Å². The maximum Gasteiger partial charge on any atom is 0.407 e. The molecule has 0 saturated carbocycles. The number of rotatable bonds is 6. The molecule has 4 rings (SSSR count). The van der Waals surface area contributed by atoms with Crippen molar-refractivity contribution in [2.24, 2.45) is 0 Å². The predicted octanol–water partition coefficient (Wildman–Crippen LogP) is 4.89. The number of hydrogen-bond donors (Lipinski definition) is 1. The van der Waals surface area contributed by atoms with Crippen LogP contribution in [0.4, 0.5) is 4.79 Å². The summed E-state index contributed by atoms with van der Waals surface area (Å²) in [6.45, 7) is 0.939. The van der Waals surface area contributed by atoms with Gasteiger partial charge in [-0.2, -0.15) is 0 Å². The van der Waals surface area contributed by atoms with Crippen molar-refractivity contribution in [1.29, 1.82) is 0 Å². The highest BCUT2D eigenvalue weighted by atomic mass is 16.5. The van der Waals surface area contributed by atoms with Crippen molar-refractivity contribution in [2.45, 2.75) is 6.61 Å². The van der Waals surface area contributed by atoms with Crippen molar-refractivity contribution in [3.05, 3.63) is 78.4 Å². The minimum absolute atomic E-state index is 0.246. The van der Waals surface area contributed by atoms with Gasteiger partial charge in [0, 0.05) is 16.8 Å². The second-order valence-corrected chi connectivity index (χ2v) is 6.09. The smallest absolute Gasteiger partial charge is 0.407 e. The monoisotopic (exact) mass is 361 g/mol. The van der Waals surface area contributed by atoms with E-state index in [0.717, 1.165) is 27.5 Å². The Morgan fingerprint density at radius 3 is 2.56 bits per heavy atom. The van der Waals surface area contributed by atoms with Gasteiger partial charge in [0.2, 0.25) is 0 Å². The van der Waals surface area contributed by atoms with E-state index in [1.807, 2.05) is 72.8 Å². The lowest BCUT2D eigenvalue weighted by molar-refractivity contribution is 0.137. The van der Waals surface area contributed by atoms with Crippen LogP contribution in [-0.2, 0) is 11.3 Å². The summed E-state index contributed by atoms with van der Waals surface area (Å²) < 4.78 is 16.7. The molecule has 0 radical (unpaired) electrons. The summed E-state index contributed by atoms with van der Waals surface area (Å²) in [7, 11) is 0. The topological polar surface area (TPSA) is 60.7 Å². The second-order valence-electron chi connectivity index (χ2n) is 6.09. The Morgan fingerprint density at radius 1 is 0.889 bits per heavy atom. The highest BCUT2D eigenvalue weighted by molar-refractivity contribution is 6.05. The Balaban J connectivity index is 1.26. The van der Waals surface area contributed by atoms with E-state index < -0.39 is 6.09 Å². The van der Waals surface area contributed by atoms with Gasteiger partial charge in [-0.15, -0.1) is 0 Å². The summed E-state index contributed by atoms with van der Waals surface area (Å²) in [6, 6.07) is 23.2. The van der Waals surface area contributed by atoms with Gasteiger partial charge < -0.3 is 19.2 Å². The van der Waals surface area contributed by atoms with Gasteiger partial charge >= 0.3 is 6.09 Å². The molecule has 3 aromatic carbocycles. The van der Waals surface area contributed by atoms with Gasteiger partial charge in [-0.25, -0.2) is 4.79 Å². The quantitative estimate of drug-likeness (QED) is 0.497. The molecule has 0 fully saturated rings. The van der Waals surface area contributed by atoms with Crippen molar-refractivity contribution in [3.63, 3.8) is 0 Å². The Morgan fingerprint density at radius 2 is 1.67 bits per heavy atom. The van der Waals surface area contributed by atoms with Crippen LogP contribution in [0.1, 0.15) is 5.56 Å². The first-order valence-corrected chi connectivity index (χ1v) is 8.78. The largest absolute Gasteiger partial charge is 0.492 e. The van der Waals surface area contributed by atoms with E-state index in [2.05, 4.69) is 5.32 Å². The Hall–Kier alpha value is -3.47. The van der Waals surface area contributed by atoms with Crippen LogP contribution in [0.15, 0.2) is 77.2 Å². The van der Waals surface area contributed by atoms with Gasteiger partial charge in [-0.05, 0) is 23.8 Å². The molecule has 0 bridgehead atoms. The Labute approximate surface area is 156 Å². The highest BCUT2D eigenvalue weighted by Crippen LogP contribution is 2.30. The molecule has 0 saturated heterocycles. The number of furan rings is 1. The van der Waals surface area contributed by atoms with Gasteiger partial charge in [0.05, 0.1) is 6.54 Å². The standard InChI is InChI=1S/C22H19NO4/c24-22(26-15-16-6-2-1-3-7-16)23-12-13-25-17-10-11-19-18-8-4-5-9-20(18)27-21(19)14-17/h1-11,14H,12-13,15H2,(H,23,24). The first kappa shape index (κ1) is 17.0. The summed E-state index contributed by atoms with van der Waals surface area (Å²) in [6.07, 6.45) is -0.463. The third-order valence-electron chi connectivity index (χ3n) is 4.20. The van der Waals surface area contributed by atoms with E-state index in [0.29, 0.717) is 18.9 Å². The Kier molecular flexibility index (Phi) is 4.92. The van der Waals surface area contributed by atoms with Crippen LogP contribution in [0, 0.1) is 0 Å². The fourth-order valence-electron chi connectivity index (χ4n) is 2.89. The van der Waals surface area contributed by atoms with E-state index in [1.165, 1.54) is 0 Å². The molecule has 0 spiro atoms. The Bertz CT molecular complexity index is 1060. The zero-order chi connectivity index (χ0) is 18.5. The fraction of sp³-hybridized carbons (Fsp3) is 0.136. The molecule has 0 aliphatic heterocycles. The zero-order valence-electron chi connectivity index (χ0n) is 14.7. The van der Waals surface area contributed by atoms with E-state index >= 15 is 0 Å². The molecule has 1 heterocycles. The van der Waals surface area contributed by atoms with Gasteiger partial charge in [0.1, 0.15) is 30.1 Å². The first-order valence-electron chi connectivity index (χ1n) is 8.78. The van der Waals surface area contributed by atoms with E-state index in [1.54, 1.807) is 0 Å². The number of alkyl carbamates (subject to hydrolysis) is 1. The van der Waals surface area contributed by atoms with Crippen LogP contribution >= 0.6 is 0 Å². The van der Waals surface area contributed by atoms with Crippen LogP contribution in [0.25, 0.3) is 21.9 Å². The van der Waals surface area contributed by atoms with Crippen molar-refractivity contribution in [2.75, 3.05) is 13.2 Å². The van der Waals surface area contributed by atoms with E-state index in [4.69, 9.17) is 13.9 Å². The van der Waals surface area contributed by atoms with E-state index in [9.17, 15) is 4.79 Å². The van der Waals surface area contributed by atoms with Crippen molar-refractivity contribution in [3.8, 4) is 5.75 Å². The number of hydrogen-bond acceptors (Lipinski definition) is 4. The molecule has 5 heteroatoms. The lowest BCUT2D eigenvalue weighted by Gasteiger charge is -2.08. The number of nitrogens with one attached hydrogen (secondary N) is 1. The molecule has 4 aromatic rings. The molecule has 136 valence electrons. The average Bonchev–Trinajstić information content (AvgIpc) is 3.08. The minimum atomic E-state index is -0.463. The molecule has 5 nitrogen and oxygen atoms in total. The van der Waals surface area contributed by atoms with Crippen LogP contribution in [0.2, 0.25) is 0 Å². The van der Waals surface area contributed by atoms with Crippen molar-refractivity contribution >= 4 is 28.0 Å². The summed E-state index contributed by atoms with van der Waals surface area (Å²) in [4.78, 5) is 11.7. The summed E-state index contributed by atoms with van der Waals surface area (Å²) in [5.74, 6) is 0.695. The molecule has 1 aromatic heterocycles. The number of amides is 1. The molecular weight excluding hydrogens is 342 g/mol. The van der Waals surface area contributed by atoms with Gasteiger partial charge in [-0.1, -0.05) is 48.5 Å². The normalized spacial score (nSPS) is 10.8. The number of fused-ring (bicyclic) bond motifs is 3. The number of ether oxygens (including phenoxy) is 2. The molecule has 0 atom stereocenters. The fourth-order valence-corrected chi connectivity index (χ4v) is 2.89. The minimum Gasteiger partial charge on any atom is -0.492 e. The maximum atomic E-state index is 11.7. The maximum absolute atomic E-state index is 11.7. The van der Waals surface area contributed by atoms with Gasteiger partial charge in [-0.3, -0.25) is 0 Å². The summed E-state index contributed by atoms with van der Waals surface area (Å²) >= 11 is 0. The number of carbonyl (C=O) groups excluding carboxylic acids is 1. The van der Waals surface area contributed by atoms with Crippen LogP contribution < -0.4 is 10.1 Å². The van der Waals surface area contributed by atoms with Crippen molar-refractivity contribution < 1.29 is 18.7 Å². The number of carbonyl (C=O) groups is 1. The first-order chi connectivity index (χ1) is 13.3. The lowest BCUT2D eigenvalue weighted by Crippen LogP contribution is -2.28. The number of para-hydroxylation sites is 1. The molecule has 1 amide bonds. The molecule has 0 unspecified atom stereocenters. The average molecular weight is 361 g/mol. The summed E-state index contributed by atoms with van der Waals surface area (Å²) in [5.41, 5.74) is 2.58. The van der Waals surface area contributed by atoms with E-state index in [-0.39, 0.29) is 6.61 Å². The molecule has 0 aliphatic carbocycles. The van der Waals surface area contributed by atoms with Crippen LogP contribution in [-0.4, -0.2) is 19.2 Å². The molecule has 1 N–H and O–H groups in total. The molecule has 27 heavy (non-hydrogen) atoms. The molecule has 0 aliphatic rings. The lowest BCUT2D eigenvalue weighted by atomic mass is 10.1. The SMILES string of the molecule is O=C(NCCOc1ccc2c(c1)oc1ccccc12)OCc1ccccc1. The zero-order valence-corrected chi connectivity index (χ0v) is 14.7. The van der Waals surface area contributed by atoms with Crippen LogP contribution in [0.3, 0.4) is 0 Å². The van der Waals surface area contributed by atoms with Crippen LogP contribution in [0.5, 0.6) is 5.75 Å². The highest BCUT2D eigenvalue weighted by Gasteiger charge is 2.07. The predicted molar refractivity (Wildman–Crippen MR) is 104 cm³/mol. The summed E-state index contributed by atoms with van der Waals surface area (Å²) in [5, 5.41) is 4.81. The second kappa shape index (κ2) is 7.83. The van der Waals surface area contributed by atoms with Crippen molar-refractivity contribution in [1.82, 2.24) is 5.32 Å². The molecular formula is C22H19NO4. The van der Waals surface area contributed by atoms with Gasteiger partial charge in [0.25, 0.3) is 0 Å².